The first-order valence-electron chi connectivity index (χ1n) is 4.67. The second-order valence-corrected chi connectivity index (χ2v) is 3.69. The van der Waals surface area contributed by atoms with E-state index in [9.17, 15) is 4.79 Å². The van der Waals surface area contributed by atoms with E-state index in [1.807, 2.05) is 0 Å². The molecule has 0 spiro atoms. The molecule has 1 saturated heterocycles. The lowest BCUT2D eigenvalue weighted by molar-refractivity contribution is -0.122. The van der Waals surface area contributed by atoms with Gasteiger partial charge in [-0.2, -0.15) is 0 Å². The van der Waals surface area contributed by atoms with Gasteiger partial charge in [0.25, 0.3) is 0 Å². The third-order valence-electron chi connectivity index (χ3n) is 2.83. The molecule has 1 saturated carbocycles. The van der Waals surface area contributed by atoms with E-state index in [2.05, 4.69) is 5.32 Å². The number of methoxy groups -OCH3 is 2. The second kappa shape index (κ2) is 3.49. The van der Waals surface area contributed by atoms with Crippen molar-refractivity contribution in [1.82, 2.24) is 5.32 Å². The molecule has 5 atom stereocenters. The standard InChI is InChI=1S/C9H15NO4/c1-4(11)10-5-6(12-2)8-9(14-8)7(5)13-3/h5-9H,1-3H3,(H,10,11)/t5?,6-,7+,8+,9-. The minimum absolute atomic E-state index is 0.0691. The predicted molar refractivity (Wildman–Crippen MR) is 47.9 cm³/mol. The molecule has 0 radical (unpaired) electrons. The van der Waals surface area contributed by atoms with Gasteiger partial charge in [0.1, 0.15) is 24.4 Å². The van der Waals surface area contributed by atoms with Crippen LogP contribution in [0, 0.1) is 0 Å². The van der Waals surface area contributed by atoms with E-state index >= 15 is 0 Å². The molecule has 1 N–H and O–H groups in total. The molecular formula is C9H15NO4. The number of epoxide rings is 1. The number of hydrogen-bond acceptors (Lipinski definition) is 4. The molecule has 1 unspecified atom stereocenters. The molecule has 1 aliphatic carbocycles. The summed E-state index contributed by atoms with van der Waals surface area (Å²) in [7, 11) is 3.24. The normalized spacial score (nSPS) is 44.6. The van der Waals surface area contributed by atoms with E-state index in [1.54, 1.807) is 14.2 Å². The van der Waals surface area contributed by atoms with Crippen molar-refractivity contribution in [3.8, 4) is 0 Å². The van der Waals surface area contributed by atoms with Gasteiger partial charge in [-0.15, -0.1) is 0 Å². The monoisotopic (exact) mass is 201 g/mol. The van der Waals surface area contributed by atoms with Crippen LogP contribution in [-0.2, 0) is 19.0 Å². The molecule has 1 aliphatic heterocycles. The summed E-state index contributed by atoms with van der Waals surface area (Å²) in [5, 5.41) is 2.84. The van der Waals surface area contributed by atoms with Crippen LogP contribution in [0.4, 0.5) is 0 Å². The maximum absolute atomic E-state index is 11.0. The zero-order valence-electron chi connectivity index (χ0n) is 8.52. The number of rotatable bonds is 3. The summed E-state index contributed by atoms with van der Waals surface area (Å²) in [5.74, 6) is -0.0691. The number of hydrogen-bond donors (Lipinski definition) is 1. The number of fused-ring (bicyclic) bond motifs is 1. The number of amides is 1. The van der Waals surface area contributed by atoms with Gasteiger partial charge in [0.2, 0.25) is 5.91 Å². The summed E-state index contributed by atoms with van der Waals surface area (Å²) < 4.78 is 16.0. The van der Waals surface area contributed by atoms with Crippen LogP contribution in [-0.4, -0.2) is 50.6 Å². The summed E-state index contributed by atoms with van der Waals surface area (Å²) in [4.78, 5) is 11.0. The van der Waals surface area contributed by atoms with Crippen molar-refractivity contribution >= 4 is 5.91 Å². The van der Waals surface area contributed by atoms with Crippen LogP contribution in [0.2, 0.25) is 0 Å². The smallest absolute Gasteiger partial charge is 0.217 e. The van der Waals surface area contributed by atoms with E-state index < -0.39 is 0 Å². The van der Waals surface area contributed by atoms with E-state index in [4.69, 9.17) is 14.2 Å². The molecule has 0 aromatic heterocycles. The molecule has 5 heteroatoms. The first-order valence-corrected chi connectivity index (χ1v) is 4.67. The molecule has 14 heavy (non-hydrogen) atoms. The highest BCUT2D eigenvalue weighted by Crippen LogP contribution is 2.41. The highest BCUT2D eigenvalue weighted by molar-refractivity contribution is 5.73. The third kappa shape index (κ3) is 1.41. The van der Waals surface area contributed by atoms with Gasteiger partial charge in [-0.1, -0.05) is 0 Å². The Kier molecular flexibility index (Phi) is 2.47. The summed E-state index contributed by atoms with van der Waals surface area (Å²) in [5.41, 5.74) is 0. The Labute approximate surface area is 82.7 Å². The van der Waals surface area contributed by atoms with Crippen molar-refractivity contribution in [1.29, 1.82) is 0 Å². The van der Waals surface area contributed by atoms with E-state index in [0.717, 1.165) is 0 Å². The quantitative estimate of drug-likeness (QED) is 0.613. The SMILES string of the molecule is CO[C@@H]1C(NC(C)=O)[C@H](OC)[C@H]2O[C@H]21. The summed E-state index contributed by atoms with van der Waals surface area (Å²) in [6, 6.07) is -0.0914. The Balaban J connectivity index is 2.06. The predicted octanol–water partition coefficient (Wildman–Crippen LogP) is -0.698. The van der Waals surface area contributed by atoms with E-state index in [1.165, 1.54) is 6.92 Å². The Hall–Kier alpha value is -0.650. The van der Waals surface area contributed by atoms with Gasteiger partial charge in [0, 0.05) is 21.1 Å². The van der Waals surface area contributed by atoms with Crippen LogP contribution in [0.5, 0.6) is 0 Å². The number of ether oxygens (including phenoxy) is 3. The van der Waals surface area contributed by atoms with Crippen molar-refractivity contribution in [2.24, 2.45) is 0 Å². The van der Waals surface area contributed by atoms with Gasteiger partial charge < -0.3 is 19.5 Å². The van der Waals surface area contributed by atoms with Gasteiger partial charge >= 0.3 is 0 Å². The van der Waals surface area contributed by atoms with Gasteiger partial charge in [0.15, 0.2) is 0 Å². The van der Waals surface area contributed by atoms with Crippen LogP contribution in [0.25, 0.3) is 0 Å². The molecule has 0 bridgehead atoms. The molecule has 0 aromatic rings. The van der Waals surface area contributed by atoms with Gasteiger partial charge in [0.05, 0.1) is 6.04 Å². The number of nitrogens with one attached hydrogen (secondary N) is 1. The van der Waals surface area contributed by atoms with Crippen molar-refractivity contribution in [2.45, 2.75) is 37.4 Å². The highest BCUT2D eigenvalue weighted by atomic mass is 16.6. The van der Waals surface area contributed by atoms with Gasteiger partial charge in [-0.25, -0.2) is 0 Å². The zero-order chi connectivity index (χ0) is 10.3. The molecule has 80 valence electrons. The first kappa shape index (κ1) is 9.89. The summed E-state index contributed by atoms with van der Waals surface area (Å²) >= 11 is 0. The molecule has 2 rings (SSSR count). The molecule has 0 aromatic carbocycles. The maximum atomic E-state index is 11.0. The highest BCUT2D eigenvalue weighted by Gasteiger charge is 2.63. The van der Waals surface area contributed by atoms with Crippen LogP contribution in [0.15, 0.2) is 0 Å². The van der Waals surface area contributed by atoms with Crippen LogP contribution < -0.4 is 5.32 Å². The van der Waals surface area contributed by atoms with Crippen molar-refractivity contribution < 1.29 is 19.0 Å². The van der Waals surface area contributed by atoms with Crippen molar-refractivity contribution in [3.63, 3.8) is 0 Å². The average Bonchev–Trinajstić information content (AvgIpc) is 2.82. The lowest BCUT2D eigenvalue weighted by atomic mass is 10.1. The number of carbonyl (C=O) groups excluding carboxylic acids is 1. The topological polar surface area (TPSA) is 60.1 Å². The average molecular weight is 201 g/mol. The fourth-order valence-electron chi connectivity index (χ4n) is 2.22. The summed E-state index contributed by atoms with van der Waals surface area (Å²) in [6.07, 6.45) is -0.00806. The Morgan fingerprint density at radius 3 is 2.07 bits per heavy atom. The largest absolute Gasteiger partial charge is 0.376 e. The Bertz CT molecular complexity index is 229. The second-order valence-electron chi connectivity index (χ2n) is 3.69. The van der Waals surface area contributed by atoms with Gasteiger partial charge in [-0.3, -0.25) is 4.79 Å². The fourth-order valence-corrected chi connectivity index (χ4v) is 2.22. The fraction of sp³-hybridized carbons (Fsp3) is 0.889. The molecular weight excluding hydrogens is 186 g/mol. The zero-order valence-corrected chi connectivity index (χ0v) is 8.52. The Morgan fingerprint density at radius 1 is 1.21 bits per heavy atom. The lowest BCUT2D eigenvalue weighted by Gasteiger charge is -2.26. The molecule has 2 aliphatic rings. The van der Waals surface area contributed by atoms with Crippen LogP contribution in [0.3, 0.4) is 0 Å². The van der Waals surface area contributed by atoms with Crippen molar-refractivity contribution in [3.05, 3.63) is 0 Å². The first-order chi connectivity index (χ1) is 6.69. The molecule has 2 fully saturated rings. The minimum Gasteiger partial charge on any atom is -0.376 e. The van der Waals surface area contributed by atoms with Crippen molar-refractivity contribution in [2.75, 3.05) is 14.2 Å². The Morgan fingerprint density at radius 2 is 1.71 bits per heavy atom. The van der Waals surface area contributed by atoms with Crippen LogP contribution in [0.1, 0.15) is 6.92 Å². The molecule has 5 nitrogen and oxygen atoms in total. The van der Waals surface area contributed by atoms with E-state index in [-0.39, 0.29) is 36.4 Å². The summed E-state index contributed by atoms with van der Waals surface area (Å²) in [6.45, 7) is 1.49. The van der Waals surface area contributed by atoms with Crippen LogP contribution >= 0.6 is 0 Å². The minimum atomic E-state index is -0.0914. The maximum Gasteiger partial charge on any atom is 0.217 e. The number of carbonyl (C=O) groups is 1. The third-order valence-corrected chi connectivity index (χ3v) is 2.83. The lowest BCUT2D eigenvalue weighted by Crippen LogP contribution is -2.50. The molecule has 1 amide bonds. The van der Waals surface area contributed by atoms with E-state index in [0.29, 0.717) is 0 Å². The molecule has 1 heterocycles. The van der Waals surface area contributed by atoms with Gasteiger partial charge in [-0.05, 0) is 0 Å².